The van der Waals surface area contributed by atoms with Crippen molar-refractivity contribution in [3.63, 3.8) is 0 Å². The number of carbonyl (C=O) groups is 2. The Kier molecular flexibility index (Phi) is 6.22. The molecule has 1 aliphatic rings. The van der Waals surface area contributed by atoms with Crippen molar-refractivity contribution >= 4 is 28.8 Å². The van der Waals surface area contributed by atoms with E-state index in [9.17, 15) is 14.0 Å². The van der Waals surface area contributed by atoms with Crippen molar-refractivity contribution in [1.29, 1.82) is 0 Å². The molecule has 1 saturated heterocycles. The van der Waals surface area contributed by atoms with Crippen LogP contribution in [0.3, 0.4) is 0 Å². The largest absolute Gasteiger partial charge is 0.497 e. The monoisotopic (exact) mass is 440 g/mol. The van der Waals surface area contributed by atoms with E-state index in [1.165, 1.54) is 29.5 Å². The van der Waals surface area contributed by atoms with Gasteiger partial charge in [-0.15, -0.1) is 10.2 Å². The number of hydrogen-bond acceptors (Lipinski definition) is 6. The first-order valence-corrected chi connectivity index (χ1v) is 10.7. The van der Waals surface area contributed by atoms with Gasteiger partial charge in [-0.2, -0.15) is 0 Å². The van der Waals surface area contributed by atoms with E-state index in [0.717, 1.165) is 17.8 Å². The molecule has 0 saturated carbocycles. The fourth-order valence-corrected chi connectivity index (χ4v) is 4.42. The van der Waals surface area contributed by atoms with Crippen LogP contribution in [0.15, 0.2) is 48.5 Å². The first-order chi connectivity index (χ1) is 15.0. The summed E-state index contributed by atoms with van der Waals surface area (Å²) >= 11 is 1.23. The van der Waals surface area contributed by atoms with Gasteiger partial charge in [-0.05, 0) is 49.2 Å². The van der Waals surface area contributed by atoms with Crippen LogP contribution in [0.25, 0.3) is 0 Å². The minimum atomic E-state index is -0.425. The molecule has 9 heteroatoms. The van der Waals surface area contributed by atoms with Crippen LogP contribution in [-0.4, -0.2) is 47.1 Å². The van der Waals surface area contributed by atoms with Crippen molar-refractivity contribution in [2.45, 2.75) is 18.8 Å². The Balaban J connectivity index is 1.35. The molecule has 2 heterocycles. The van der Waals surface area contributed by atoms with Crippen LogP contribution in [0.1, 0.15) is 43.9 Å². The Morgan fingerprint density at radius 1 is 1.13 bits per heavy atom. The molecule has 0 bridgehead atoms. The minimum Gasteiger partial charge on any atom is -0.497 e. The van der Waals surface area contributed by atoms with Crippen molar-refractivity contribution in [1.82, 2.24) is 15.1 Å². The van der Waals surface area contributed by atoms with Crippen LogP contribution in [-0.2, 0) is 0 Å². The summed E-state index contributed by atoms with van der Waals surface area (Å²) in [5.74, 6) is -0.0722. The summed E-state index contributed by atoms with van der Waals surface area (Å²) in [7, 11) is 1.57. The van der Waals surface area contributed by atoms with Gasteiger partial charge in [0, 0.05) is 30.3 Å². The molecule has 1 aliphatic heterocycles. The van der Waals surface area contributed by atoms with E-state index in [0.29, 0.717) is 30.1 Å². The number of ether oxygens (including phenoxy) is 1. The van der Waals surface area contributed by atoms with Gasteiger partial charge in [-0.1, -0.05) is 23.5 Å². The molecule has 0 spiro atoms. The minimum absolute atomic E-state index is 0.0234. The predicted octanol–water partition coefficient (Wildman–Crippen LogP) is 3.96. The third kappa shape index (κ3) is 4.88. The number of anilines is 1. The maximum atomic E-state index is 13.3. The van der Waals surface area contributed by atoms with Crippen LogP contribution in [0.2, 0.25) is 0 Å². The number of likely N-dealkylation sites (tertiary alicyclic amines) is 1. The molecule has 1 N–H and O–H groups in total. The third-order valence-electron chi connectivity index (χ3n) is 5.17. The molecule has 7 nitrogen and oxygen atoms in total. The summed E-state index contributed by atoms with van der Waals surface area (Å²) in [6.07, 6.45) is 1.49. The quantitative estimate of drug-likeness (QED) is 0.649. The van der Waals surface area contributed by atoms with Crippen LogP contribution in [0.4, 0.5) is 10.1 Å². The molecular weight excluding hydrogens is 419 g/mol. The number of halogens is 1. The Morgan fingerprint density at radius 2 is 1.90 bits per heavy atom. The zero-order chi connectivity index (χ0) is 21.8. The van der Waals surface area contributed by atoms with Crippen molar-refractivity contribution in [3.05, 3.63) is 69.9 Å². The maximum absolute atomic E-state index is 13.3. The summed E-state index contributed by atoms with van der Waals surface area (Å²) in [6, 6.07) is 12.8. The summed E-state index contributed by atoms with van der Waals surface area (Å²) in [4.78, 5) is 27.0. The predicted molar refractivity (Wildman–Crippen MR) is 115 cm³/mol. The van der Waals surface area contributed by atoms with E-state index >= 15 is 0 Å². The molecule has 4 rings (SSSR count). The molecule has 160 valence electrons. The number of hydrogen-bond donors (Lipinski definition) is 1. The molecule has 3 aromatic rings. The lowest BCUT2D eigenvalue weighted by atomic mass is 9.97. The lowest BCUT2D eigenvalue weighted by Crippen LogP contribution is -2.37. The SMILES string of the molecule is COc1cccc(C(=O)N2CCC(c3nnc(C(=O)Nc4cccc(F)c4)s3)CC2)c1. The number of rotatable bonds is 5. The Labute approximate surface area is 182 Å². The van der Waals surface area contributed by atoms with Gasteiger partial charge >= 0.3 is 0 Å². The van der Waals surface area contributed by atoms with Gasteiger partial charge in [0.25, 0.3) is 11.8 Å². The topological polar surface area (TPSA) is 84.4 Å². The highest BCUT2D eigenvalue weighted by Gasteiger charge is 2.27. The van der Waals surface area contributed by atoms with E-state index in [4.69, 9.17) is 4.74 Å². The molecule has 0 radical (unpaired) electrons. The number of methoxy groups -OCH3 is 1. The van der Waals surface area contributed by atoms with Gasteiger partial charge in [0.15, 0.2) is 0 Å². The average Bonchev–Trinajstić information content (AvgIpc) is 3.29. The summed E-state index contributed by atoms with van der Waals surface area (Å²) in [5.41, 5.74) is 0.969. The highest BCUT2D eigenvalue weighted by atomic mass is 32.1. The average molecular weight is 441 g/mol. The van der Waals surface area contributed by atoms with Gasteiger partial charge in [-0.25, -0.2) is 4.39 Å². The van der Waals surface area contributed by atoms with E-state index in [1.807, 2.05) is 4.90 Å². The second-order valence-electron chi connectivity index (χ2n) is 7.21. The first kappa shape index (κ1) is 20.9. The molecule has 0 aliphatic carbocycles. The zero-order valence-electron chi connectivity index (χ0n) is 16.9. The fraction of sp³-hybridized carbons (Fsp3) is 0.273. The molecule has 1 fully saturated rings. The van der Waals surface area contributed by atoms with Crippen LogP contribution in [0.5, 0.6) is 5.75 Å². The molecule has 0 unspecified atom stereocenters. The molecule has 2 amide bonds. The van der Waals surface area contributed by atoms with Crippen molar-refractivity contribution in [2.24, 2.45) is 0 Å². The van der Waals surface area contributed by atoms with E-state index < -0.39 is 11.7 Å². The summed E-state index contributed by atoms with van der Waals surface area (Å²) in [5, 5.41) is 11.8. The third-order valence-corrected chi connectivity index (χ3v) is 6.25. The zero-order valence-corrected chi connectivity index (χ0v) is 17.7. The smallest absolute Gasteiger partial charge is 0.286 e. The lowest BCUT2D eigenvalue weighted by Gasteiger charge is -2.31. The molecule has 2 aromatic carbocycles. The highest BCUT2D eigenvalue weighted by Crippen LogP contribution is 2.31. The molecule has 1 aromatic heterocycles. The summed E-state index contributed by atoms with van der Waals surface area (Å²) in [6.45, 7) is 1.20. The number of nitrogens with one attached hydrogen (secondary N) is 1. The first-order valence-electron chi connectivity index (χ1n) is 9.87. The number of nitrogens with zero attached hydrogens (tertiary/aromatic N) is 3. The van der Waals surface area contributed by atoms with Crippen LogP contribution >= 0.6 is 11.3 Å². The second-order valence-corrected chi connectivity index (χ2v) is 8.22. The number of amides is 2. The fourth-order valence-electron chi connectivity index (χ4n) is 3.51. The Hall–Kier alpha value is -3.33. The number of aromatic nitrogens is 2. The van der Waals surface area contributed by atoms with Crippen molar-refractivity contribution in [2.75, 3.05) is 25.5 Å². The normalized spacial score (nSPS) is 14.3. The Bertz CT molecular complexity index is 1100. The molecule has 31 heavy (non-hydrogen) atoms. The van der Waals surface area contributed by atoms with Crippen molar-refractivity contribution in [3.8, 4) is 5.75 Å². The van der Waals surface area contributed by atoms with Gasteiger partial charge in [0.05, 0.1) is 7.11 Å². The van der Waals surface area contributed by atoms with Crippen LogP contribution < -0.4 is 10.1 Å². The number of benzene rings is 2. The van der Waals surface area contributed by atoms with Gasteiger partial charge < -0.3 is 15.0 Å². The highest BCUT2D eigenvalue weighted by molar-refractivity contribution is 7.13. The van der Waals surface area contributed by atoms with E-state index in [2.05, 4.69) is 15.5 Å². The maximum Gasteiger partial charge on any atom is 0.286 e. The standard InChI is InChI=1S/C22H21FN4O3S/c1-30-18-7-2-4-15(12-18)22(29)27-10-8-14(9-11-27)20-25-26-21(31-20)19(28)24-17-6-3-5-16(23)13-17/h2-7,12-14H,8-11H2,1H3,(H,24,28). The van der Waals surface area contributed by atoms with Gasteiger partial charge in [-0.3, -0.25) is 9.59 Å². The Morgan fingerprint density at radius 3 is 2.65 bits per heavy atom. The molecular formula is C22H21FN4O3S. The van der Waals surface area contributed by atoms with Crippen molar-refractivity contribution < 1.29 is 18.7 Å². The van der Waals surface area contributed by atoms with Crippen LogP contribution in [0, 0.1) is 5.82 Å². The lowest BCUT2D eigenvalue weighted by molar-refractivity contribution is 0.0712. The second kappa shape index (κ2) is 9.22. The summed E-state index contributed by atoms with van der Waals surface area (Å²) < 4.78 is 18.5. The number of piperidine rings is 1. The number of carbonyl (C=O) groups excluding carboxylic acids is 2. The van der Waals surface area contributed by atoms with E-state index in [1.54, 1.807) is 37.4 Å². The molecule has 0 atom stereocenters. The van der Waals surface area contributed by atoms with E-state index in [-0.39, 0.29) is 16.8 Å². The van der Waals surface area contributed by atoms with Gasteiger partial charge in [0.1, 0.15) is 16.6 Å². The van der Waals surface area contributed by atoms with Gasteiger partial charge in [0.2, 0.25) is 5.01 Å².